The highest BCUT2D eigenvalue weighted by Crippen LogP contribution is 2.30. The zero-order chi connectivity index (χ0) is 14.1. The van der Waals surface area contributed by atoms with Gasteiger partial charge in [-0.2, -0.15) is 0 Å². The SMILES string of the molecule is CCN(CC1CC1)C(=O)c1ccc2cc(Br)ccc2c1. The van der Waals surface area contributed by atoms with Crippen molar-refractivity contribution in [2.75, 3.05) is 13.1 Å². The van der Waals surface area contributed by atoms with Crippen LogP contribution in [0.1, 0.15) is 30.1 Å². The van der Waals surface area contributed by atoms with Gasteiger partial charge in [0.05, 0.1) is 0 Å². The molecule has 104 valence electrons. The van der Waals surface area contributed by atoms with Crippen molar-refractivity contribution in [2.45, 2.75) is 19.8 Å². The van der Waals surface area contributed by atoms with E-state index in [4.69, 9.17) is 0 Å². The Balaban J connectivity index is 1.88. The average molecular weight is 332 g/mol. The smallest absolute Gasteiger partial charge is 0.253 e. The van der Waals surface area contributed by atoms with E-state index in [-0.39, 0.29) is 5.91 Å². The van der Waals surface area contributed by atoms with Crippen LogP contribution in [-0.4, -0.2) is 23.9 Å². The van der Waals surface area contributed by atoms with Crippen LogP contribution in [0.25, 0.3) is 10.8 Å². The predicted octanol–water partition coefficient (Wildman–Crippen LogP) is 4.47. The number of fused-ring (bicyclic) bond motifs is 1. The van der Waals surface area contributed by atoms with E-state index >= 15 is 0 Å². The summed E-state index contributed by atoms with van der Waals surface area (Å²) < 4.78 is 1.06. The van der Waals surface area contributed by atoms with Crippen LogP contribution in [-0.2, 0) is 0 Å². The minimum absolute atomic E-state index is 0.157. The van der Waals surface area contributed by atoms with Crippen molar-refractivity contribution in [3.63, 3.8) is 0 Å². The zero-order valence-electron chi connectivity index (χ0n) is 11.6. The van der Waals surface area contributed by atoms with E-state index in [1.165, 1.54) is 12.8 Å². The Morgan fingerprint density at radius 2 is 1.90 bits per heavy atom. The second-order valence-corrected chi connectivity index (χ2v) is 6.41. The van der Waals surface area contributed by atoms with E-state index in [0.717, 1.165) is 39.8 Å². The highest BCUT2D eigenvalue weighted by atomic mass is 79.9. The number of hydrogen-bond donors (Lipinski definition) is 0. The number of carbonyl (C=O) groups excluding carboxylic acids is 1. The van der Waals surface area contributed by atoms with Gasteiger partial charge in [-0.25, -0.2) is 0 Å². The molecule has 1 amide bonds. The van der Waals surface area contributed by atoms with Crippen LogP contribution >= 0.6 is 15.9 Å². The molecule has 2 aromatic rings. The summed E-state index contributed by atoms with van der Waals surface area (Å²) in [5, 5.41) is 2.27. The molecular weight excluding hydrogens is 314 g/mol. The lowest BCUT2D eigenvalue weighted by Crippen LogP contribution is -2.32. The second kappa shape index (κ2) is 5.57. The predicted molar refractivity (Wildman–Crippen MR) is 85.9 cm³/mol. The Kier molecular flexibility index (Phi) is 3.79. The van der Waals surface area contributed by atoms with Crippen LogP contribution < -0.4 is 0 Å². The van der Waals surface area contributed by atoms with Crippen molar-refractivity contribution < 1.29 is 4.79 Å². The van der Waals surface area contributed by atoms with Crippen LogP contribution in [0.3, 0.4) is 0 Å². The van der Waals surface area contributed by atoms with E-state index in [2.05, 4.69) is 28.9 Å². The van der Waals surface area contributed by atoms with Crippen LogP contribution in [0.2, 0.25) is 0 Å². The van der Waals surface area contributed by atoms with Gasteiger partial charge in [0.15, 0.2) is 0 Å². The molecule has 1 fully saturated rings. The summed E-state index contributed by atoms with van der Waals surface area (Å²) >= 11 is 3.47. The lowest BCUT2D eigenvalue weighted by Gasteiger charge is -2.21. The highest BCUT2D eigenvalue weighted by Gasteiger charge is 2.26. The molecule has 2 nitrogen and oxygen atoms in total. The van der Waals surface area contributed by atoms with Gasteiger partial charge < -0.3 is 4.90 Å². The Hall–Kier alpha value is -1.35. The van der Waals surface area contributed by atoms with Gasteiger partial charge in [0.2, 0.25) is 0 Å². The Labute approximate surface area is 127 Å². The van der Waals surface area contributed by atoms with Crippen molar-refractivity contribution in [1.29, 1.82) is 0 Å². The molecule has 0 atom stereocenters. The fraction of sp³-hybridized carbons (Fsp3) is 0.353. The van der Waals surface area contributed by atoms with Crippen molar-refractivity contribution in [3.8, 4) is 0 Å². The van der Waals surface area contributed by atoms with Crippen molar-refractivity contribution >= 4 is 32.6 Å². The van der Waals surface area contributed by atoms with Gasteiger partial charge in [-0.15, -0.1) is 0 Å². The molecular formula is C17H18BrNO. The van der Waals surface area contributed by atoms with Crippen molar-refractivity contribution in [2.24, 2.45) is 5.92 Å². The number of carbonyl (C=O) groups is 1. The third kappa shape index (κ3) is 2.88. The van der Waals surface area contributed by atoms with Gasteiger partial charge in [-0.05, 0) is 60.7 Å². The number of rotatable bonds is 4. The Morgan fingerprint density at radius 3 is 2.60 bits per heavy atom. The van der Waals surface area contributed by atoms with Gasteiger partial charge in [-0.3, -0.25) is 4.79 Å². The van der Waals surface area contributed by atoms with E-state index in [1.54, 1.807) is 0 Å². The second-order valence-electron chi connectivity index (χ2n) is 5.49. The molecule has 1 aliphatic rings. The average Bonchev–Trinajstić information content (AvgIpc) is 3.27. The number of amides is 1. The summed E-state index contributed by atoms with van der Waals surface area (Å²) in [4.78, 5) is 14.5. The molecule has 1 aliphatic carbocycles. The molecule has 3 heteroatoms. The topological polar surface area (TPSA) is 20.3 Å². The van der Waals surface area contributed by atoms with Crippen molar-refractivity contribution in [1.82, 2.24) is 4.90 Å². The number of hydrogen-bond acceptors (Lipinski definition) is 1. The van der Waals surface area contributed by atoms with Gasteiger partial charge in [0.1, 0.15) is 0 Å². The first-order chi connectivity index (χ1) is 9.67. The monoisotopic (exact) mass is 331 g/mol. The largest absolute Gasteiger partial charge is 0.339 e. The summed E-state index contributed by atoms with van der Waals surface area (Å²) in [5.41, 5.74) is 0.794. The molecule has 0 unspecified atom stereocenters. The van der Waals surface area contributed by atoms with E-state index in [9.17, 15) is 4.79 Å². The minimum Gasteiger partial charge on any atom is -0.339 e. The lowest BCUT2D eigenvalue weighted by molar-refractivity contribution is 0.0757. The van der Waals surface area contributed by atoms with E-state index < -0.39 is 0 Å². The van der Waals surface area contributed by atoms with Crippen LogP contribution in [0, 0.1) is 5.92 Å². The summed E-state index contributed by atoms with van der Waals surface area (Å²) in [6.45, 7) is 3.75. The molecule has 0 spiro atoms. The maximum absolute atomic E-state index is 12.6. The molecule has 2 aromatic carbocycles. The van der Waals surface area contributed by atoms with Gasteiger partial charge in [0, 0.05) is 23.1 Å². The standard InChI is InChI=1S/C17H18BrNO/c1-2-19(11-12-3-4-12)17(20)15-6-5-14-10-16(18)8-7-13(14)9-15/h5-10,12H,2-4,11H2,1H3. The molecule has 0 aromatic heterocycles. The fourth-order valence-electron chi connectivity index (χ4n) is 2.50. The molecule has 1 saturated carbocycles. The highest BCUT2D eigenvalue weighted by molar-refractivity contribution is 9.10. The summed E-state index contributed by atoms with van der Waals surface area (Å²) in [5.74, 6) is 0.888. The first-order valence-electron chi connectivity index (χ1n) is 7.16. The number of benzene rings is 2. The zero-order valence-corrected chi connectivity index (χ0v) is 13.2. The van der Waals surface area contributed by atoms with E-state index in [0.29, 0.717) is 0 Å². The molecule has 20 heavy (non-hydrogen) atoms. The summed E-state index contributed by atoms with van der Waals surface area (Å²) in [7, 11) is 0. The molecule has 0 heterocycles. The Bertz CT molecular complexity index is 648. The van der Waals surface area contributed by atoms with Crippen LogP contribution in [0.4, 0.5) is 0 Å². The number of nitrogens with zero attached hydrogens (tertiary/aromatic N) is 1. The normalized spacial score (nSPS) is 14.5. The van der Waals surface area contributed by atoms with Gasteiger partial charge in [0.25, 0.3) is 5.91 Å². The molecule has 0 saturated heterocycles. The van der Waals surface area contributed by atoms with Crippen molar-refractivity contribution in [3.05, 3.63) is 46.4 Å². The van der Waals surface area contributed by atoms with Gasteiger partial charge in [-0.1, -0.05) is 28.1 Å². The molecule has 0 N–H and O–H groups in total. The first kappa shape index (κ1) is 13.6. The lowest BCUT2D eigenvalue weighted by atomic mass is 10.1. The Morgan fingerprint density at radius 1 is 1.20 bits per heavy atom. The quantitative estimate of drug-likeness (QED) is 0.809. The molecule has 0 radical (unpaired) electrons. The van der Waals surface area contributed by atoms with Crippen LogP contribution in [0.5, 0.6) is 0 Å². The maximum atomic E-state index is 12.6. The first-order valence-corrected chi connectivity index (χ1v) is 7.95. The third-order valence-corrected chi connectivity index (χ3v) is 4.39. The van der Waals surface area contributed by atoms with Gasteiger partial charge >= 0.3 is 0 Å². The van der Waals surface area contributed by atoms with E-state index in [1.807, 2.05) is 35.2 Å². The summed E-state index contributed by atoms with van der Waals surface area (Å²) in [6, 6.07) is 12.1. The fourth-order valence-corrected chi connectivity index (χ4v) is 2.88. The molecule has 0 bridgehead atoms. The molecule has 0 aliphatic heterocycles. The van der Waals surface area contributed by atoms with Crippen LogP contribution in [0.15, 0.2) is 40.9 Å². The minimum atomic E-state index is 0.157. The number of halogens is 1. The summed E-state index contributed by atoms with van der Waals surface area (Å²) in [6.07, 6.45) is 2.55. The maximum Gasteiger partial charge on any atom is 0.253 e. The third-order valence-electron chi connectivity index (χ3n) is 3.89. The molecule has 3 rings (SSSR count).